The predicted octanol–water partition coefficient (Wildman–Crippen LogP) is 5.50. The first kappa shape index (κ1) is 24.3. The fourth-order valence-electron chi connectivity index (χ4n) is 4.51. The average molecular weight is 468 g/mol. The van der Waals surface area contributed by atoms with Crippen LogP contribution in [-0.4, -0.2) is 30.8 Å². The summed E-state index contributed by atoms with van der Waals surface area (Å²) < 4.78 is 0. The standard InChI is InChI=1S/C30H33N3O2/c1-32(2)26-19-17-25(18-20-26)31-29(34)27-15-9-10-16-28(27)30(35)33(21-23-11-5-3-6-12-23)22-24-13-7-4-8-14-24/h3-14,17-20,27-28H,15-16,21-22H2,1-2H3,(H,31,34). The van der Waals surface area contributed by atoms with E-state index in [2.05, 4.69) is 5.32 Å². The summed E-state index contributed by atoms with van der Waals surface area (Å²) in [5.41, 5.74) is 3.95. The van der Waals surface area contributed by atoms with Gasteiger partial charge in [0.15, 0.2) is 0 Å². The Morgan fingerprint density at radius 3 is 1.77 bits per heavy atom. The fourth-order valence-corrected chi connectivity index (χ4v) is 4.51. The summed E-state index contributed by atoms with van der Waals surface area (Å²) >= 11 is 0. The van der Waals surface area contributed by atoms with Crippen molar-refractivity contribution in [2.75, 3.05) is 24.3 Å². The van der Waals surface area contributed by atoms with E-state index in [1.165, 1.54) is 0 Å². The molecule has 0 radical (unpaired) electrons. The quantitative estimate of drug-likeness (QED) is 0.445. The van der Waals surface area contributed by atoms with Gasteiger partial charge >= 0.3 is 0 Å². The van der Waals surface area contributed by atoms with Gasteiger partial charge in [-0.2, -0.15) is 0 Å². The molecular formula is C30H33N3O2. The van der Waals surface area contributed by atoms with Gasteiger partial charge in [0, 0.05) is 38.6 Å². The van der Waals surface area contributed by atoms with Crippen LogP contribution in [0.5, 0.6) is 0 Å². The van der Waals surface area contributed by atoms with Gasteiger partial charge in [-0.15, -0.1) is 0 Å². The molecule has 0 saturated heterocycles. The highest BCUT2D eigenvalue weighted by Crippen LogP contribution is 2.30. The average Bonchev–Trinajstić information content (AvgIpc) is 2.89. The molecule has 35 heavy (non-hydrogen) atoms. The number of carbonyl (C=O) groups is 2. The molecule has 1 aliphatic rings. The maximum atomic E-state index is 13.9. The van der Waals surface area contributed by atoms with Crippen LogP contribution in [0.3, 0.4) is 0 Å². The Kier molecular flexibility index (Phi) is 7.99. The van der Waals surface area contributed by atoms with Gasteiger partial charge in [-0.05, 0) is 48.2 Å². The number of hydrogen-bond donors (Lipinski definition) is 1. The SMILES string of the molecule is CN(C)c1ccc(NC(=O)C2CC=CCC2C(=O)N(Cc2ccccc2)Cc2ccccc2)cc1. The molecule has 2 amide bonds. The van der Waals surface area contributed by atoms with Gasteiger partial charge in [0.1, 0.15) is 0 Å². The first-order valence-electron chi connectivity index (χ1n) is 12.1. The fraction of sp³-hybridized carbons (Fsp3) is 0.267. The summed E-state index contributed by atoms with van der Waals surface area (Å²) in [5, 5.41) is 3.04. The van der Waals surface area contributed by atoms with E-state index < -0.39 is 11.8 Å². The number of hydrogen-bond acceptors (Lipinski definition) is 3. The number of amides is 2. The number of nitrogens with one attached hydrogen (secondary N) is 1. The Labute approximate surface area is 208 Å². The molecule has 0 heterocycles. The molecule has 180 valence electrons. The molecule has 0 aliphatic heterocycles. The zero-order valence-corrected chi connectivity index (χ0v) is 20.4. The molecule has 0 saturated carbocycles. The maximum absolute atomic E-state index is 13.9. The highest BCUT2D eigenvalue weighted by molar-refractivity contribution is 5.96. The van der Waals surface area contributed by atoms with E-state index in [1.807, 2.05) is 121 Å². The summed E-state index contributed by atoms with van der Waals surface area (Å²) in [6.45, 7) is 1.02. The smallest absolute Gasteiger partial charge is 0.228 e. The second-order valence-electron chi connectivity index (χ2n) is 9.25. The van der Waals surface area contributed by atoms with E-state index in [1.54, 1.807) is 0 Å². The van der Waals surface area contributed by atoms with Crippen LogP contribution in [0.4, 0.5) is 11.4 Å². The number of allylic oxidation sites excluding steroid dienone is 2. The second kappa shape index (κ2) is 11.5. The normalized spacial score (nSPS) is 17.0. The first-order valence-corrected chi connectivity index (χ1v) is 12.1. The number of benzene rings is 3. The van der Waals surface area contributed by atoms with Crippen molar-refractivity contribution >= 4 is 23.2 Å². The molecule has 0 fully saturated rings. The van der Waals surface area contributed by atoms with Crippen LogP contribution in [-0.2, 0) is 22.7 Å². The molecule has 5 nitrogen and oxygen atoms in total. The molecule has 5 heteroatoms. The van der Waals surface area contributed by atoms with Crippen LogP contribution in [0.2, 0.25) is 0 Å². The topological polar surface area (TPSA) is 52.7 Å². The Balaban J connectivity index is 1.53. The van der Waals surface area contributed by atoms with Crippen molar-refractivity contribution in [2.45, 2.75) is 25.9 Å². The lowest BCUT2D eigenvalue weighted by molar-refractivity contribution is -0.142. The van der Waals surface area contributed by atoms with Crippen LogP contribution >= 0.6 is 0 Å². The summed E-state index contributed by atoms with van der Waals surface area (Å²) in [5.74, 6) is -0.890. The Morgan fingerprint density at radius 2 is 1.26 bits per heavy atom. The Morgan fingerprint density at radius 1 is 0.743 bits per heavy atom. The van der Waals surface area contributed by atoms with Crippen molar-refractivity contribution < 1.29 is 9.59 Å². The third-order valence-corrected chi connectivity index (χ3v) is 6.48. The molecule has 2 unspecified atom stereocenters. The lowest BCUT2D eigenvalue weighted by atomic mass is 9.81. The zero-order chi connectivity index (χ0) is 24.6. The highest BCUT2D eigenvalue weighted by atomic mass is 16.2. The van der Waals surface area contributed by atoms with E-state index in [0.29, 0.717) is 25.9 Å². The van der Waals surface area contributed by atoms with E-state index in [-0.39, 0.29) is 11.8 Å². The number of anilines is 2. The Hall–Kier alpha value is -3.86. The largest absolute Gasteiger partial charge is 0.378 e. The van der Waals surface area contributed by atoms with Crippen molar-refractivity contribution in [1.82, 2.24) is 4.90 Å². The van der Waals surface area contributed by atoms with Crippen molar-refractivity contribution in [3.8, 4) is 0 Å². The molecular weight excluding hydrogens is 434 g/mol. The minimum Gasteiger partial charge on any atom is -0.378 e. The van der Waals surface area contributed by atoms with Gasteiger partial charge in [0.25, 0.3) is 0 Å². The molecule has 3 aromatic carbocycles. The highest BCUT2D eigenvalue weighted by Gasteiger charge is 2.36. The van der Waals surface area contributed by atoms with Crippen LogP contribution in [0.15, 0.2) is 97.1 Å². The summed E-state index contributed by atoms with van der Waals surface area (Å²) in [6, 6.07) is 27.8. The molecule has 1 N–H and O–H groups in total. The molecule has 0 bridgehead atoms. The van der Waals surface area contributed by atoms with Gasteiger partial charge in [-0.3, -0.25) is 9.59 Å². The third-order valence-electron chi connectivity index (χ3n) is 6.48. The van der Waals surface area contributed by atoms with Gasteiger partial charge in [0.05, 0.1) is 11.8 Å². The summed E-state index contributed by atoms with van der Waals surface area (Å²) in [7, 11) is 3.96. The Bertz CT molecular complexity index is 1100. The van der Waals surface area contributed by atoms with Crippen molar-refractivity contribution in [3.05, 3.63) is 108 Å². The number of rotatable bonds is 8. The van der Waals surface area contributed by atoms with Crippen molar-refractivity contribution in [1.29, 1.82) is 0 Å². The summed E-state index contributed by atoms with van der Waals surface area (Å²) in [4.78, 5) is 31.1. The molecule has 0 aromatic heterocycles. The first-order chi connectivity index (χ1) is 17.0. The molecule has 2 atom stereocenters. The van der Waals surface area contributed by atoms with E-state index in [4.69, 9.17) is 0 Å². The predicted molar refractivity (Wildman–Crippen MR) is 142 cm³/mol. The lowest BCUT2D eigenvalue weighted by Gasteiger charge is -2.32. The third kappa shape index (κ3) is 6.38. The van der Waals surface area contributed by atoms with Gasteiger partial charge in [0.2, 0.25) is 11.8 Å². The van der Waals surface area contributed by atoms with E-state index in [9.17, 15) is 9.59 Å². The van der Waals surface area contributed by atoms with Crippen LogP contribution in [0, 0.1) is 11.8 Å². The monoisotopic (exact) mass is 467 g/mol. The number of carbonyl (C=O) groups excluding carboxylic acids is 2. The lowest BCUT2D eigenvalue weighted by Crippen LogP contribution is -2.42. The molecule has 1 aliphatic carbocycles. The van der Waals surface area contributed by atoms with Crippen LogP contribution in [0.25, 0.3) is 0 Å². The molecule has 0 spiro atoms. The molecule has 3 aromatic rings. The number of nitrogens with zero attached hydrogens (tertiary/aromatic N) is 2. The van der Waals surface area contributed by atoms with Crippen molar-refractivity contribution in [2.24, 2.45) is 11.8 Å². The van der Waals surface area contributed by atoms with Gasteiger partial charge < -0.3 is 15.1 Å². The van der Waals surface area contributed by atoms with E-state index in [0.717, 1.165) is 22.5 Å². The molecule has 4 rings (SSSR count). The minimum absolute atomic E-state index is 0.0187. The second-order valence-corrected chi connectivity index (χ2v) is 9.25. The van der Waals surface area contributed by atoms with Crippen LogP contribution < -0.4 is 10.2 Å². The maximum Gasteiger partial charge on any atom is 0.228 e. The van der Waals surface area contributed by atoms with Crippen molar-refractivity contribution in [3.63, 3.8) is 0 Å². The van der Waals surface area contributed by atoms with E-state index >= 15 is 0 Å². The van der Waals surface area contributed by atoms with Gasteiger partial charge in [-0.25, -0.2) is 0 Å². The van der Waals surface area contributed by atoms with Gasteiger partial charge in [-0.1, -0.05) is 72.8 Å². The van der Waals surface area contributed by atoms with Crippen LogP contribution in [0.1, 0.15) is 24.0 Å². The minimum atomic E-state index is -0.407. The zero-order valence-electron chi connectivity index (χ0n) is 20.4. The summed E-state index contributed by atoms with van der Waals surface area (Å²) in [6.07, 6.45) is 5.17.